The summed E-state index contributed by atoms with van der Waals surface area (Å²) in [6, 6.07) is 10.2. The summed E-state index contributed by atoms with van der Waals surface area (Å²) in [4.78, 5) is 25.2. The zero-order valence-electron chi connectivity index (χ0n) is 15.4. The number of hydrogen-bond donors (Lipinski definition) is 1. The lowest BCUT2D eigenvalue weighted by Gasteiger charge is -2.21. The van der Waals surface area contributed by atoms with Gasteiger partial charge in [0.05, 0.1) is 13.3 Å². The number of carbonyl (C=O) groups excluding carboxylic acids is 2. The second-order valence-corrected chi connectivity index (χ2v) is 7.21. The summed E-state index contributed by atoms with van der Waals surface area (Å²) in [5.41, 5.74) is -0.582. The highest BCUT2D eigenvalue weighted by atomic mass is 16.5. The van der Waals surface area contributed by atoms with Crippen LogP contribution in [0.25, 0.3) is 0 Å². The number of rotatable bonds is 5. The first-order valence-corrected chi connectivity index (χ1v) is 8.87. The van der Waals surface area contributed by atoms with Crippen LogP contribution in [0.5, 0.6) is 5.75 Å². The van der Waals surface area contributed by atoms with E-state index in [1.54, 1.807) is 44.4 Å². The number of furan rings is 1. The Bertz CT molecular complexity index is 935. The van der Waals surface area contributed by atoms with Crippen molar-refractivity contribution in [1.29, 1.82) is 0 Å². The number of benzene rings is 1. The first kappa shape index (κ1) is 17.3. The van der Waals surface area contributed by atoms with Gasteiger partial charge in [0.2, 0.25) is 0 Å². The Hall–Kier alpha value is -3.09. The van der Waals surface area contributed by atoms with E-state index in [2.05, 4.69) is 17.3 Å². The van der Waals surface area contributed by atoms with Gasteiger partial charge in [-0.2, -0.15) is 5.10 Å². The molecule has 0 unspecified atom stereocenters. The van der Waals surface area contributed by atoms with Crippen LogP contribution in [-0.4, -0.2) is 30.3 Å². The Morgan fingerprint density at radius 2 is 2.11 bits per heavy atom. The van der Waals surface area contributed by atoms with Gasteiger partial charge in [-0.3, -0.25) is 4.79 Å². The summed E-state index contributed by atoms with van der Waals surface area (Å²) >= 11 is 0. The van der Waals surface area contributed by atoms with Crippen molar-refractivity contribution in [3.63, 3.8) is 0 Å². The molecule has 7 nitrogen and oxygen atoms in total. The Balaban J connectivity index is 1.54. The highest BCUT2D eigenvalue weighted by Gasteiger charge is 2.49. The highest BCUT2D eigenvalue weighted by molar-refractivity contribution is 6.07. The smallest absolute Gasteiger partial charge is 0.346 e. The number of hydrogen-bond acceptors (Lipinski definition) is 5. The first-order valence-electron chi connectivity index (χ1n) is 8.87. The van der Waals surface area contributed by atoms with E-state index in [-0.39, 0.29) is 0 Å². The number of hydrazone groups is 1. The van der Waals surface area contributed by atoms with Crippen molar-refractivity contribution >= 4 is 18.2 Å². The van der Waals surface area contributed by atoms with Crippen molar-refractivity contribution in [3.8, 4) is 5.75 Å². The van der Waals surface area contributed by atoms with E-state index in [0.717, 1.165) is 17.2 Å². The molecule has 2 fully saturated rings. The summed E-state index contributed by atoms with van der Waals surface area (Å²) < 4.78 is 10.9. The van der Waals surface area contributed by atoms with Crippen LogP contribution in [0.2, 0.25) is 0 Å². The number of nitrogens with zero attached hydrogens (tertiary/aromatic N) is 2. The molecule has 0 bridgehead atoms. The summed E-state index contributed by atoms with van der Waals surface area (Å²) in [7, 11) is 1.55. The van der Waals surface area contributed by atoms with Gasteiger partial charge in [0.25, 0.3) is 5.91 Å². The minimum atomic E-state index is -1.21. The zero-order valence-corrected chi connectivity index (χ0v) is 15.4. The zero-order chi connectivity index (χ0) is 19.2. The highest BCUT2D eigenvalue weighted by Crippen LogP contribution is 2.47. The minimum Gasteiger partial charge on any atom is -0.497 e. The molecule has 7 heteroatoms. The molecule has 140 valence electrons. The number of imide groups is 1. The molecule has 0 spiro atoms. The topological polar surface area (TPSA) is 84.1 Å². The maximum absolute atomic E-state index is 12.9. The van der Waals surface area contributed by atoms with E-state index in [9.17, 15) is 9.59 Å². The van der Waals surface area contributed by atoms with E-state index < -0.39 is 17.5 Å². The van der Waals surface area contributed by atoms with Gasteiger partial charge in [0.15, 0.2) is 0 Å². The normalized spacial score (nSPS) is 27.3. The van der Waals surface area contributed by atoms with Gasteiger partial charge in [-0.05, 0) is 49.1 Å². The van der Waals surface area contributed by atoms with Gasteiger partial charge in [-0.25, -0.2) is 4.79 Å². The van der Waals surface area contributed by atoms with Crippen LogP contribution in [0, 0.1) is 5.92 Å². The van der Waals surface area contributed by atoms with E-state index in [1.807, 2.05) is 6.07 Å². The molecule has 0 radical (unpaired) electrons. The third kappa shape index (κ3) is 2.99. The molecular formula is C20H21N3O4. The molecule has 27 heavy (non-hydrogen) atoms. The fourth-order valence-corrected chi connectivity index (χ4v) is 3.33. The molecule has 1 N–H and O–H groups in total. The molecule has 1 aromatic carbocycles. The van der Waals surface area contributed by atoms with Gasteiger partial charge >= 0.3 is 6.03 Å². The Morgan fingerprint density at radius 3 is 2.81 bits per heavy atom. The molecule has 1 saturated heterocycles. The van der Waals surface area contributed by atoms with Gasteiger partial charge in [-0.15, -0.1) is 5.01 Å². The number of ether oxygens (including phenoxy) is 1. The van der Waals surface area contributed by atoms with Gasteiger partial charge in [0, 0.05) is 5.92 Å². The van der Waals surface area contributed by atoms with Gasteiger partial charge in [0.1, 0.15) is 22.8 Å². The summed E-state index contributed by atoms with van der Waals surface area (Å²) in [5.74, 6) is 2.67. The molecule has 1 aliphatic carbocycles. The number of amides is 3. The standard InChI is InChI=1S/C20H21N3O4/c1-12-9-16(12)17-8-7-15(27-17)11-21-23-18(24)20(2,22-19(23)25)13-5-4-6-14(10-13)26-3/h4-8,10-12,16H,9H2,1-3H3,(H,22,25)/b21-11-/t12-,16+,20-/m1/s1. The second kappa shape index (κ2) is 6.26. The molecule has 2 aromatic rings. The van der Waals surface area contributed by atoms with Crippen molar-refractivity contribution in [2.24, 2.45) is 11.0 Å². The number of carbonyl (C=O) groups is 2. The molecule has 3 atom stereocenters. The summed E-state index contributed by atoms with van der Waals surface area (Å²) in [5, 5.41) is 7.60. The number of methoxy groups -OCH3 is 1. The van der Waals surface area contributed by atoms with Crippen LogP contribution in [0.1, 0.15) is 43.3 Å². The Labute approximate surface area is 157 Å². The van der Waals surface area contributed by atoms with Crippen molar-refractivity contribution in [1.82, 2.24) is 10.3 Å². The molecule has 2 heterocycles. The van der Waals surface area contributed by atoms with Gasteiger partial charge < -0.3 is 14.5 Å². The Morgan fingerprint density at radius 1 is 1.33 bits per heavy atom. The third-order valence-corrected chi connectivity index (χ3v) is 5.24. The van der Waals surface area contributed by atoms with Crippen molar-refractivity contribution in [2.45, 2.75) is 31.7 Å². The fourth-order valence-electron chi connectivity index (χ4n) is 3.33. The van der Waals surface area contributed by atoms with Crippen molar-refractivity contribution < 1.29 is 18.7 Å². The van der Waals surface area contributed by atoms with Crippen LogP contribution in [0.4, 0.5) is 4.79 Å². The second-order valence-electron chi connectivity index (χ2n) is 7.21. The average molecular weight is 367 g/mol. The number of urea groups is 1. The van der Waals surface area contributed by atoms with E-state index in [4.69, 9.17) is 9.15 Å². The van der Waals surface area contributed by atoms with Gasteiger partial charge in [-0.1, -0.05) is 19.1 Å². The molecule has 3 amide bonds. The lowest BCUT2D eigenvalue weighted by Crippen LogP contribution is -2.40. The van der Waals surface area contributed by atoms with Crippen LogP contribution in [0.15, 0.2) is 45.9 Å². The van der Waals surface area contributed by atoms with Crippen molar-refractivity contribution in [3.05, 3.63) is 53.5 Å². The fraction of sp³-hybridized carbons (Fsp3) is 0.350. The van der Waals surface area contributed by atoms with Crippen LogP contribution < -0.4 is 10.1 Å². The lowest BCUT2D eigenvalue weighted by atomic mass is 9.92. The van der Waals surface area contributed by atoms with Crippen LogP contribution >= 0.6 is 0 Å². The molecule has 1 saturated carbocycles. The first-order chi connectivity index (χ1) is 12.9. The van der Waals surface area contributed by atoms with Crippen LogP contribution in [-0.2, 0) is 10.3 Å². The molecule has 1 aliphatic heterocycles. The molecule has 4 rings (SSSR count). The summed E-state index contributed by atoms with van der Waals surface area (Å²) in [6.07, 6.45) is 2.52. The monoisotopic (exact) mass is 367 g/mol. The molecular weight excluding hydrogens is 346 g/mol. The maximum Gasteiger partial charge on any atom is 0.346 e. The van der Waals surface area contributed by atoms with Crippen LogP contribution in [0.3, 0.4) is 0 Å². The number of nitrogens with one attached hydrogen (secondary N) is 1. The quantitative estimate of drug-likeness (QED) is 0.650. The predicted molar refractivity (Wildman–Crippen MR) is 98.5 cm³/mol. The predicted octanol–water partition coefficient (Wildman–Crippen LogP) is 3.21. The molecule has 1 aromatic heterocycles. The summed E-state index contributed by atoms with van der Waals surface area (Å²) in [6.45, 7) is 3.82. The maximum atomic E-state index is 12.9. The minimum absolute atomic E-state index is 0.459. The van der Waals surface area contributed by atoms with E-state index >= 15 is 0 Å². The SMILES string of the molecule is COc1cccc([C@@]2(C)NC(=O)N(/N=C\c3ccc([C@H]4C[C@H]4C)o3)C2=O)c1. The molecule has 2 aliphatic rings. The van der Waals surface area contributed by atoms with E-state index in [0.29, 0.717) is 28.9 Å². The van der Waals surface area contributed by atoms with Crippen molar-refractivity contribution in [2.75, 3.05) is 7.11 Å². The lowest BCUT2D eigenvalue weighted by molar-refractivity contribution is -0.131. The Kier molecular flexibility index (Phi) is 4.02. The largest absolute Gasteiger partial charge is 0.497 e. The van der Waals surface area contributed by atoms with E-state index in [1.165, 1.54) is 6.21 Å². The average Bonchev–Trinajstić information content (AvgIpc) is 3.12. The third-order valence-electron chi connectivity index (χ3n) is 5.24.